The number of H-pyrrole nitrogens is 1. The first-order chi connectivity index (χ1) is 10.3. The van der Waals surface area contributed by atoms with Crippen molar-refractivity contribution >= 4 is 27.0 Å². The van der Waals surface area contributed by atoms with Crippen LogP contribution in [0.5, 0.6) is 5.75 Å². The fraction of sp³-hybridized carbons (Fsp3) is 0.357. The molecule has 4 rings (SSSR count). The molecule has 2 aromatic heterocycles. The molecule has 6 nitrogen and oxygen atoms in total. The van der Waals surface area contributed by atoms with Gasteiger partial charge < -0.3 is 9.72 Å². The smallest absolute Gasteiger partial charge is 0.136 e. The van der Waals surface area contributed by atoms with Gasteiger partial charge in [-0.05, 0) is 46.8 Å². The van der Waals surface area contributed by atoms with Crippen LogP contribution >= 0.6 is 15.9 Å². The van der Waals surface area contributed by atoms with Crippen LogP contribution in [0.4, 0.5) is 0 Å². The van der Waals surface area contributed by atoms with Crippen LogP contribution in [0.15, 0.2) is 29.1 Å². The highest BCUT2D eigenvalue weighted by Gasteiger charge is 2.23. The van der Waals surface area contributed by atoms with Gasteiger partial charge in [-0.25, -0.2) is 9.67 Å². The summed E-state index contributed by atoms with van der Waals surface area (Å²) in [4.78, 5) is 6.98. The highest BCUT2D eigenvalue weighted by molar-refractivity contribution is 9.10. The lowest BCUT2D eigenvalue weighted by atomic mass is 10.3. The number of fused-ring (bicyclic) bond motifs is 1. The first-order valence-corrected chi connectivity index (χ1v) is 7.72. The predicted molar refractivity (Wildman–Crippen MR) is 80.9 cm³/mol. The first kappa shape index (κ1) is 12.8. The summed E-state index contributed by atoms with van der Waals surface area (Å²) in [5, 5.41) is 8.52. The molecule has 0 bridgehead atoms. The number of imidazole rings is 1. The summed E-state index contributed by atoms with van der Waals surface area (Å²) in [5.74, 6) is 1.53. The second kappa shape index (κ2) is 5.14. The van der Waals surface area contributed by atoms with Gasteiger partial charge in [0.1, 0.15) is 17.9 Å². The number of aromatic amines is 1. The molecule has 2 heterocycles. The van der Waals surface area contributed by atoms with Crippen LogP contribution in [-0.2, 0) is 13.2 Å². The van der Waals surface area contributed by atoms with E-state index in [1.54, 1.807) is 12.5 Å². The number of hydrogen-bond acceptors (Lipinski definition) is 4. The van der Waals surface area contributed by atoms with Gasteiger partial charge >= 0.3 is 0 Å². The Morgan fingerprint density at radius 2 is 2.29 bits per heavy atom. The van der Waals surface area contributed by atoms with Crippen molar-refractivity contribution in [2.45, 2.75) is 26.0 Å². The fourth-order valence-electron chi connectivity index (χ4n) is 2.30. The van der Waals surface area contributed by atoms with E-state index in [9.17, 15) is 0 Å². The van der Waals surface area contributed by atoms with Crippen molar-refractivity contribution in [2.75, 3.05) is 0 Å². The topological polar surface area (TPSA) is 68.6 Å². The number of aromatic nitrogens is 5. The highest BCUT2D eigenvalue weighted by Crippen LogP contribution is 2.35. The van der Waals surface area contributed by atoms with Crippen molar-refractivity contribution in [3.8, 4) is 5.75 Å². The lowest BCUT2D eigenvalue weighted by molar-refractivity contribution is 0.300. The van der Waals surface area contributed by atoms with E-state index in [0.29, 0.717) is 6.61 Å². The number of hydrogen-bond donors (Lipinski definition) is 1. The molecular formula is C14H14BrN5O. The predicted octanol–water partition coefficient (Wildman–Crippen LogP) is 2.91. The van der Waals surface area contributed by atoms with Gasteiger partial charge in [0.05, 0.1) is 28.2 Å². The van der Waals surface area contributed by atoms with Crippen molar-refractivity contribution in [2.24, 2.45) is 5.92 Å². The van der Waals surface area contributed by atoms with Crippen LogP contribution in [0.1, 0.15) is 18.5 Å². The Balaban J connectivity index is 1.60. The number of rotatable bonds is 5. The summed E-state index contributed by atoms with van der Waals surface area (Å²) in [6, 6.07) is 3.97. The van der Waals surface area contributed by atoms with Gasteiger partial charge in [0.2, 0.25) is 0 Å². The Bertz CT molecular complexity index is 763. The molecule has 1 aromatic carbocycles. The van der Waals surface area contributed by atoms with E-state index in [1.807, 2.05) is 16.8 Å². The third kappa shape index (κ3) is 2.53. The van der Waals surface area contributed by atoms with E-state index in [2.05, 4.69) is 36.2 Å². The van der Waals surface area contributed by atoms with Crippen LogP contribution in [-0.4, -0.2) is 25.0 Å². The van der Waals surface area contributed by atoms with E-state index in [4.69, 9.17) is 4.74 Å². The van der Waals surface area contributed by atoms with Crippen LogP contribution in [0.25, 0.3) is 11.0 Å². The second-order valence-corrected chi connectivity index (χ2v) is 6.12. The molecule has 0 atom stereocenters. The zero-order chi connectivity index (χ0) is 14.2. The summed E-state index contributed by atoms with van der Waals surface area (Å²) in [7, 11) is 0. The maximum atomic E-state index is 5.80. The van der Waals surface area contributed by atoms with Crippen molar-refractivity contribution in [3.63, 3.8) is 0 Å². The lowest BCUT2D eigenvalue weighted by Crippen LogP contribution is -2.01. The maximum absolute atomic E-state index is 5.80. The molecular weight excluding hydrogens is 334 g/mol. The molecule has 0 radical (unpaired) electrons. The molecule has 1 saturated carbocycles. The molecule has 7 heteroatoms. The van der Waals surface area contributed by atoms with E-state index < -0.39 is 0 Å². The number of ether oxygens (including phenoxy) is 1. The van der Waals surface area contributed by atoms with Crippen molar-refractivity contribution in [1.29, 1.82) is 0 Å². The molecule has 3 aromatic rings. The molecule has 0 aliphatic heterocycles. The second-order valence-electron chi connectivity index (χ2n) is 5.33. The molecule has 1 aliphatic rings. The summed E-state index contributed by atoms with van der Waals surface area (Å²) >= 11 is 3.57. The van der Waals surface area contributed by atoms with Gasteiger partial charge in [-0.3, -0.25) is 0 Å². The average Bonchev–Trinajstić information content (AvgIpc) is 2.99. The quantitative estimate of drug-likeness (QED) is 0.770. The molecule has 0 unspecified atom stereocenters. The number of benzene rings is 1. The SMILES string of the molecule is Brc1c(OCc2cnc[nH]2)ccc2c1nnn2CC1CC1. The molecule has 0 spiro atoms. The van der Waals surface area contributed by atoms with Crippen molar-refractivity contribution in [3.05, 3.63) is 34.8 Å². The third-order valence-corrected chi connectivity index (χ3v) is 4.42. The molecule has 1 N–H and O–H groups in total. The van der Waals surface area contributed by atoms with Gasteiger partial charge in [-0.1, -0.05) is 5.21 Å². The van der Waals surface area contributed by atoms with Crippen LogP contribution in [0.2, 0.25) is 0 Å². The Morgan fingerprint density at radius 3 is 3.05 bits per heavy atom. The largest absolute Gasteiger partial charge is 0.486 e. The summed E-state index contributed by atoms with van der Waals surface area (Å²) in [5.41, 5.74) is 2.82. The van der Waals surface area contributed by atoms with Gasteiger partial charge in [-0.2, -0.15) is 0 Å². The minimum atomic E-state index is 0.445. The van der Waals surface area contributed by atoms with E-state index in [0.717, 1.165) is 39.4 Å². The fourth-order valence-corrected chi connectivity index (χ4v) is 2.83. The number of nitrogens with one attached hydrogen (secondary N) is 1. The lowest BCUT2D eigenvalue weighted by Gasteiger charge is -2.07. The zero-order valence-electron chi connectivity index (χ0n) is 11.3. The van der Waals surface area contributed by atoms with Crippen LogP contribution < -0.4 is 4.74 Å². The highest BCUT2D eigenvalue weighted by atomic mass is 79.9. The maximum Gasteiger partial charge on any atom is 0.136 e. The van der Waals surface area contributed by atoms with Crippen molar-refractivity contribution in [1.82, 2.24) is 25.0 Å². The van der Waals surface area contributed by atoms with Gasteiger partial charge in [-0.15, -0.1) is 5.10 Å². The van der Waals surface area contributed by atoms with E-state index in [-0.39, 0.29) is 0 Å². The van der Waals surface area contributed by atoms with Gasteiger partial charge in [0, 0.05) is 6.54 Å². The normalized spacial score (nSPS) is 14.7. The first-order valence-electron chi connectivity index (χ1n) is 6.93. The molecule has 0 amide bonds. The summed E-state index contributed by atoms with van der Waals surface area (Å²) in [6.45, 7) is 1.40. The Morgan fingerprint density at radius 1 is 1.38 bits per heavy atom. The molecule has 1 fully saturated rings. The van der Waals surface area contributed by atoms with E-state index in [1.165, 1.54) is 12.8 Å². The number of nitrogens with zero attached hydrogens (tertiary/aromatic N) is 4. The Labute approximate surface area is 129 Å². The zero-order valence-corrected chi connectivity index (χ0v) is 12.9. The van der Waals surface area contributed by atoms with Gasteiger partial charge in [0.25, 0.3) is 0 Å². The van der Waals surface area contributed by atoms with Crippen molar-refractivity contribution < 1.29 is 4.74 Å². The number of halogens is 1. The minimum absolute atomic E-state index is 0.445. The van der Waals surface area contributed by atoms with Crippen LogP contribution in [0.3, 0.4) is 0 Å². The van der Waals surface area contributed by atoms with Gasteiger partial charge in [0.15, 0.2) is 0 Å². The molecule has 108 valence electrons. The Kier molecular flexibility index (Phi) is 3.14. The minimum Gasteiger partial charge on any atom is -0.486 e. The van der Waals surface area contributed by atoms with E-state index >= 15 is 0 Å². The van der Waals surface area contributed by atoms with Crippen LogP contribution in [0, 0.1) is 5.92 Å². The monoisotopic (exact) mass is 347 g/mol. The summed E-state index contributed by atoms with van der Waals surface area (Å²) in [6.07, 6.45) is 5.99. The molecule has 21 heavy (non-hydrogen) atoms. The molecule has 0 saturated heterocycles. The average molecular weight is 348 g/mol. The third-order valence-electron chi connectivity index (χ3n) is 3.66. The summed E-state index contributed by atoms with van der Waals surface area (Å²) < 4.78 is 8.63. The Hall–Kier alpha value is -1.89. The standard InChI is InChI=1S/C14H14BrN5O/c15-13-12(21-7-10-5-16-8-17-10)4-3-11-14(13)18-19-20(11)6-9-1-2-9/h3-5,8-9H,1-2,6-7H2,(H,16,17). The molecule has 1 aliphatic carbocycles.